The molecule has 0 amide bonds. The van der Waals surface area contributed by atoms with Gasteiger partial charge in [0, 0.05) is 24.1 Å². The Morgan fingerprint density at radius 2 is 2.14 bits per heavy atom. The highest BCUT2D eigenvalue weighted by atomic mass is 35.5. The Hall–Kier alpha value is -0.570. The molecule has 0 aromatic heterocycles. The van der Waals surface area contributed by atoms with Crippen molar-refractivity contribution in [3.05, 3.63) is 33.8 Å². The number of halogens is 2. The van der Waals surface area contributed by atoms with Crippen LogP contribution in [0.15, 0.2) is 18.2 Å². The zero-order valence-electron chi connectivity index (χ0n) is 7.72. The van der Waals surface area contributed by atoms with Gasteiger partial charge >= 0.3 is 0 Å². The van der Waals surface area contributed by atoms with E-state index in [1.807, 2.05) is 0 Å². The van der Waals surface area contributed by atoms with Gasteiger partial charge in [-0.3, -0.25) is 4.79 Å². The second-order valence-corrected chi connectivity index (χ2v) is 3.63. The largest absolute Gasteiger partial charge is 0.384 e. The maximum Gasteiger partial charge on any atom is 0.166 e. The molecule has 0 atom stereocenters. The predicted octanol–water partition coefficient (Wildman–Crippen LogP) is 3.21. The lowest BCUT2D eigenvalue weighted by Gasteiger charge is -2.03. The third-order valence-electron chi connectivity index (χ3n) is 1.76. The fourth-order valence-electron chi connectivity index (χ4n) is 1.04. The number of benzene rings is 1. The number of ketones is 1. The summed E-state index contributed by atoms with van der Waals surface area (Å²) in [5, 5.41) is 0.936. The summed E-state index contributed by atoms with van der Waals surface area (Å²) in [5.74, 6) is -0.0562. The molecular formula is C10H10Cl2O2. The smallest absolute Gasteiger partial charge is 0.166 e. The van der Waals surface area contributed by atoms with Crippen LogP contribution < -0.4 is 0 Å². The van der Waals surface area contributed by atoms with Gasteiger partial charge in [-0.25, -0.2) is 0 Å². The molecule has 0 aliphatic carbocycles. The highest BCUT2D eigenvalue weighted by Crippen LogP contribution is 2.21. The van der Waals surface area contributed by atoms with Crippen molar-refractivity contribution >= 4 is 29.0 Å². The van der Waals surface area contributed by atoms with E-state index in [-0.39, 0.29) is 5.78 Å². The van der Waals surface area contributed by atoms with E-state index in [2.05, 4.69) is 0 Å². The molecule has 0 unspecified atom stereocenters. The van der Waals surface area contributed by atoms with Crippen molar-refractivity contribution < 1.29 is 9.53 Å². The quantitative estimate of drug-likeness (QED) is 0.746. The first kappa shape index (κ1) is 11.5. The van der Waals surface area contributed by atoms with Crippen LogP contribution in [-0.4, -0.2) is 19.5 Å². The molecule has 2 nitrogen and oxygen atoms in total. The summed E-state index contributed by atoms with van der Waals surface area (Å²) in [4.78, 5) is 11.6. The number of rotatable bonds is 4. The molecule has 0 heterocycles. The van der Waals surface area contributed by atoms with Gasteiger partial charge in [0.1, 0.15) is 0 Å². The van der Waals surface area contributed by atoms with E-state index < -0.39 is 0 Å². The molecule has 0 fully saturated rings. The number of ether oxygens (including phenoxy) is 1. The molecule has 0 saturated heterocycles. The normalized spacial score (nSPS) is 10.2. The van der Waals surface area contributed by atoms with Gasteiger partial charge < -0.3 is 4.74 Å². The van der Waals surface area contributed by atoms with E-state index in [0.717, 1.165) is 0 Å². The molecular weight excluding hydrogens is 223 g/mol. The molecule has 0 N–H and O–H groups in total. The number of carbonyl (C=O) groups excluding carboxylic acids is 1. The molecule has 14 heavy (non-hydrogen) atoms. The van der Waals surface area contributed by atoms with E-state index in [0.29, 0.717) is 28.6 Å². The lowest BCUT2D eigenvalue weighted by molar-refractivity contribution is 0.0932. The van der Waals surface area contributed by atoms with Crippen molar-refractivity contribution in [2.75, 3.05) is 13.7 Å². The fraction of sp³-hybridized carbons (Fsp3) is 0.300. The standard InChI is InChI=1S/C10H10Cl2O2/c1-14-5-4-10(13)8-6-7(11)2-3-9(8)12/h2-3,6H,4-5H2,1H3. The molecule has 1 rings (SSSR count). The summed E-state index contributed by atoms with van der Waals surface area (Å²) < 4.78 is 4.81. The predicted molar refractivity (Wildman–Crippen MR) is 57.3 cm³/mol. The van der Waals surface area contributed by atoms with Crippen molar-refractivity contribution in [2.45, 2.75) is 6.42 Å². The van der Waals surface area contributed by atoms with Gasteiger partial charge in [0.05, 0.1) is 11.6 Å². The number of methoxy groups -OCH3 is 1. The minimum absolute atomic E-state index is 0.0562. The molecule has 0 saturated carbocycles. The van der Waals surface area contributed by atoms with Crippen molar-refractivity contribution in [3.63, 3.8) is 0 Å². The Morgan fingerprint density at radius 1 is 1.43 bits per heavy atom. The van der Waals surface area contributed by atoms with Crippen LogP contribution in [0.1, 0.15) is 16.8 Å². The summed E-state index contributed by atoms with van der Waals surface area (Å²) in [7, 11) is 1.55. The fourth-order valence-corrected chi connectivity index (χ4v) is 1.44. The zero-order chi connectivity index (χ0) is 10.6. The number of hydrogen-bond donors (Lipinski definition) is 0. The summed E-state index contributed by atoms with van der Waals surface area (Å²) in [6.07, 6.45) is 0.316. The van der Waals surface area contributed by atoms with E-state index >= 15 is 0 Å². The average Bonchev–Trinajstić information content (AvgIpc) is 2.18. The summed E-state index contributed by atoms with van der Waals surface area (Å²) >= 11 is 11.6. The molecule has 76 valence electrons. The second-order valence-electron chi connectivity index (χ2n) is 2.79. The number of hydrogen-bond acceptors (Lipinski definition) is 2. The Bertz CT molecular complexity index is 337. The Balaban J connectivity index is 2.83. The first-order chi connectivity index (χ1) is 6.65. The second kappa shape index (κ2) is 5.35. The first-order valence-corrected chi connectivity index (χ1v) is 4.88. The first-order valence-electron chi connectivity index (χ1n) is 4.12. The third kappa shape index (κ3) is 2.98. The van der Waals surface area contributed by atoms with Crippen molar-refractivity contribution in [1.82, 2.24) is 0 Å². The van der Waals surface area contributed by atoms with E-state index in [1.54, 1.807) is 25.3 Å². The summed E-state index contributed by atoms with van der Waals surface area (Å²) in [6.45, 7) is 0.391. The Labute approximate surface area is 92.8 Å². The van der Waals surface area contributed by atoms with Crippen molar-refractivity contribution in [3.8, 4) is 0 Å². The lowest BCUT2D eigenvalue weighted by atomic mass is 10.1. The van der Waals surface area contributed by atoms with Gasteiger partial charge in [-0.05, 0) is 18.2 Å². The Kier molecular flexibility index (Phi) is 4.39. The van der Waals surface area contributed by atoms with Crippen LogP contribution in [-0.2, 0) is 4.74 Å². The van der Waals surface area contributed by atoms with Crippen LogP contribution in [0.25, 0.3) is 0 Å². The highest BCUT2D eigenvalue weighted by Gasteiger charge is 2.10. The molecule has 1 aromatic carbocycles. The van der Waals surface area contributed by atoms with Crippen LogP contribution in [0.3, 0.4) is 0 Å². The van der Waals surface area contributed by atoms with Gasteiger partial charge in [-0.2, -0.15) is 0 Å². The van der Waals surface area contributed by atoms with Crippen LogP contribution in [0.5, 0.6) is 0 Å². The molecule has 0 bridgehead atoms. The highest BCUT2D eigenvalue weighted by molar-refractivity contribution is 6.35. The van der Waals surface area contributed by atoms with Gasteiger partial charge in [-0.1, -0.05) is 23.2 Å². The maximum absolute atomic E-state index is 11.6. The van der Waals surface area contributed by atoms with Gasteiger partial charge in [-0.15, -0.1) is 0 Å². The topological polar surface area (TPSA) is 26.3 Å². The molecule has 0 radical (unpaired) electrons. The number of carbonyl (C=O) groups is 1. The molecule has 0 aliphatic rings. The Morgan fingerprint density at radius 3 is 2.79 bits per heavy atom. The minimum atomic E-state index is -0.0562. The molecule has 4 heteroatoms. The summed E-state index contributed by atoms with van der Waals surface area (Å²) in [6, 6.07) is 4.84. The minimum Gasteiger partial charge on any atom is -0.384 e. The van der Waals surface area contributed by atoms with Crippen LogP contribution in [0.2, 0.25) is 10.0 Å². The van der Waals surface area contributed by atoms with E-state index in [1.165, 1.54) is 0 Å². The van der Waals surface area contributed by atoms with E-state index in [9.17, 15) is 4.79 Å². The summed E-state index contributed by atoms with van der Waals surface area (Å²) in [5.41, 5.74) is 0.455. The van der Waals surface area contributed by atoms with Crippen LogP contribution in [0, 0.1) is 0 Å². The van der Waals surface area contributed by atoms with Crippen LogP contribution >= 0.6 is 23.2 Å². The van der Waals surface area contributed by atoms with Crippen molar-refractivity contribution in [1.29, 1.82) is 0 Å². The zero-order valence-corrected chi connectivity index (χ0v) is 9.23. The van der Waals surface area contributed by atoms with Crippen LogP contribution in [0.4, 0.5) is 0 Å². The lowest BCUT2D eigenvalue weighted by Crippen LogP contribution is -2.03. The SMILES string of the molecule is COCCC(=O)c1cc(Cl)ccc1Cl. The number of Topliss-reactive ketones (excluding diaryl/α,β-unsaturated/α-hetero) is 1. The van der Waals surface area contributed by atoms with E-state index in [4.69, 9.17) is 27.9 Å². The molecule has 0 aliphatic heterocycles. The molecule has 0 spiro atoms. The van der Waals surface area contributed by atoms with Gasteiger partial charge in [0.25, 0.3) is 0 Å². The average molecular weight is 233 g/mol. The maximum atomic E-state index is 11.6. The van der Waals surface area contributed by atoms with Gasteiger partial charge in [0.15, 0.2) is 5.78 Å². The third-order valence-corrected chi connectivity index (χ3v) is 2.33. The van der Waals surface area contributed by atoms with Gasteiger partial charge in [0.2, 0.25) is 0 Å². The monoisotopic (exact) mass is 232 g/mol. The molecule has 1 aromatic rings. The van der Waals surface area contributed by atoms with Crippen molar-refractivity contribution in [2.24, 2.45) is 0 Å².